The molecule has 2 N–H and O–H groups in total. The summed E-state index contributed by atoms with van der Waals surface area (Å²) in [6.07, 6.45) is 4.95. The second-order valence-electron chi connectivity index (χ2n) is 7.16. The van der Waals surface area contributed by atoms with Crippen molar-refractivity contribution in [1.29, 1.82) is 0 Å². The van der Waals surface area contributed by atoms with Crippen molar-refractivity contribution in [3.05, 3.63) is 24.3 Å². The van der Waals surface area contributed by atoms with Gasteiger partial charge in [-0.15, -0.1) is 0 Å². The summed E-state index contributed by atoms with van der Waals surface area (Å²) in [7, 11) is 0. The highest BCUT2D eigenvalue weighted by molar-refractivity contribution is 5.90. The number of rotatable bonds is 4. The van der Waals surface area contributed by atoms with Gasteiger partial charge in [0.2, 0.25) is 0 Å². The van der Waals surface area contributed by atoms with Gasteiger partial charge in [-0.3, -0.25) is 0 Å². The van der Waals surface area contributed by atoms with Crippen LogP contribution < -0.4 is 15.5 Å². The molecule has 7 nitrogen and oxygen atoms in total. The van der Waals surface area contributed by atoms with Crippen LogP contribution in [-0.2, 0) is 4.74 Å². The van der Waals surface area contributed by atoms with Gasteiger partial charge in [-0.2, -0.15) is 0 Å². The Morgan fingerprint density at radius 3 is 2.56 bits per heavy atom. The molecule has 0 spiro atoms. The lowest BCUT2D eigenvalue weighted by Crippen LogP contribution is -2.47. The lowest BCUT2D eigenvalue weighted by Gasteiger charge is -2.31. The Labute approximate surface area is 161 Å². The average Bonchev–Trinajstić information content (AvgIpc) is 2.69. The second kappa shape index (κ2) is 9.48. The van der Waals surface area contributed by atoms with E-state index >= 15 is 0 Å². The minimum Gasteiger partial charge on any atom is -0.450 e. The van der Waals surface area contributed by atoms with Crippen molar-refractivity contribution in [3.63, 3.8) is 0 Å². The Morgan fingerprint density at radius 2 is 1.85 bits per heavy atom. The Kier molecular flexibility index (Phi) is 6.79. The largest absolute Gasteiger partial charge is 0.450 e. The van der Waals surface area contributed by atoms with E-state index in [1.807, 2.05) is 18.2 Å². The average molecular weight is 374 g/mol. The lowest BCUT2D eigenvalue weighted by atomic mass is 10.1. The Balaban J connectivity index is 1.46. The van der Waals surface area contributed by atoms with E-state index < -0.39 is 0 Å². The molecule has 2 aliphatic rings. The van der Waals surface area contributed by atoms with Crippen LogP contribution in [0, 0.1) is 0 Å². The third-order valence-corrected chi connectivity index (χ3v) is 5.18. The number of urea groups is 1. The number of benzene rings is 1. The van der Waals surface area contributed by atoms with E-state index in [9.17, 15) is 9.59 Å². The zero-order valence-corrected chi connectivity index (χ0v) is 16.1. The predicted octanol–water partition coefficient (Wildman–Crippen LogP) is 3.42. The first-order valence-electron chi connectivity index (χ1n) is 10.00. The molecule has 3 amide bonds. The molecular weight excluding hydrogens is 344 g/mol. The van der Waals surface area contributed by atoms with Gasteiger partial charge in [0.15, 0.2) is 0 Å². The highest BCUT2D eigenvalue weighted by atomic mass is 16.6. The van der Waals surface area contributed by atoms with Crippen molar-refractivity contribution >= 4 is 23.5 Å². The topological polar surface area (TPSA) is 73.9 Å². The number of piperidine rings is 2. The Hall–Kier alpha value is -2.44. The van der Waals surface area contributed by atoms with Crippen LogP contribution in [0.4, 0.5) is 21.0 Å². The van der Waals surface area contributed by atoms with Gasteiger partial charge in [0.05, 0.1) is 6.61 Å². The van der Waals surface area contributed by atoms with Crippen LogP contribution in [0.25, 0.3) is 0 Å². The summed E-state index contributed by atoms with van der Waals surface area (Å²) in [5, 5.41) is 5.96. The quantitative estimate of drug-likeness (QED) is 0.847. The van der Waals surface area contributed by atoms with Gasteiger partial charge in [0, 0.05) is 43.6 Å². The maximum atomic E-state index is 12.3. The normalized spacial score (nSPS) is 18.1. The molecule has 3 rings (SSSR count). The number of nitrogens with one attached hydrogen (secondary N) is 2. The molecule has 0 aliphatic carbocycles. The molecule has 27 heavy (non-hydrogen) atoms. The molecule has 1 aromatic carbocycles. The fraction of sp³-hybridized carbons (Fsp3) is 0.600. The Morgan fingerprint density at radius 1 is 1.11 bits per heavy atom. The number of carbonyl (C=O) groups excluding carboxylic acids is 2. The molecule has 2 fully saturated rings. The smallest absolute Gasteiger partial charge is 0.409 e. The minimum absolute atomic E-state index is 0.0703. The van der Waals surface area contributed by atoms with Gasteiger partial charge in [-0.05, 0) is 57.2 Å². The lowest BCUT2D eigenvalue weighted by molar-refractivity contribution is 0.0959. The van der Waals surface area contributed by atoms with Crippen LogP contribution in [0.2, 0.25) is 0 Å². The highest BCUT2D eigenvalue weighted by Crippen LogP contribution is 2.23. The number of carbonyl (C=O) groups is 2. The van der Waals surface area contributed by atoms with Gasteiger partial charge in [0.1, 0.15) is 0 Å². The molecular formula is C20H30N4O3. The van der Waals surface area contributed by atoms with E-state index in [1.54, 1.807) is 11.8 Å². The van der Waals surface area contributed by atoms with Gasteiger partial charge in [-0.1, -0.05) is 6.07 Å². The van der Waals surface area contributed by atoms with Crippen LogP contribution in [0.3, 0.4) is 0 Å². The van der Waals surface area contributed by atoms with E-state index in [0.717, 1.165) is 37.3 Å². The molecule has 1 aromatic rings. The summed E-state index contributed by atoms with van der Waals surface area (Å²) in [5.74, 6) is 0. The summed E-state index contributed by atoms with van der Waals surface area (Å²) >= 11 is 0. The number of likely N-dealkylation sites (tertiary alicyclic amines) is 1. The summed E-state index contributed by atoms with van der Waals surface area (Å²) in [6, 6.07) is 7.91. The molecule has 0 saturated carbocycles. The SMILES string of the molecule is CCOC(=O)N1CCC(NC(=O)Nc2cccc(N3CCCCC3)c2)CC1. The van der Waals surface area contributed by atoms with Crippen LogP contribution in [0.15, 0.2) is 24.3 Å². The predicted molar refractivity (Wildman–Crippen MR) is 106 cm³/mol. The van der Waals surface area contributed by atoms with Crippen LogP contribution in [0.5, 0.6) is 0 Å². The van der Waals surface area contributed by atoms with Gasteiger partial charge >= 0.3 is 12.1 Å². The van der Waals surface area contributed by atoms with E-state index in [-0.39, 0.29) is 18.2 Å². The maximum absolute atomic E-state index is 12.3. The van der Waals surface area contributed by atoms with Crippen LogP contribution >= 0.6 is 0 Å². The van der Waals surface area contributed by atoms with Crippen molar-refractivity contribution in [2.45, 2.75) is 45.1 Å². The first-order chi connectivity index (χ1) is 13.2. The minimum atomic E-state index is -0.269. The molecule has 0 radical (unpaired) electrons. The van der Waals surface area contributed by atoms with E-state index in [1.165, 1.54) is 19.3 Å². The summed E-state index contributed by atoms with van der Waals surface area (Å²) in [6.45, 7) is 5.55. The van der Waals surface area contributed by atoms with Gasteiger partial charge < -0.3 is 25.2 Å². The Bertz CT molecular complexity index is 638. The number of ether oxygens (including phenoxy) is 1. The first kappa shape index (κ1) is 19.3. The molecule has 2 saturated heterocycles. The highest BCUT2D eigenvalue weighted by Gasteiger charge is 2.24. The standard InChI is InChI=1S/C20H30N4O3/c1-2-27-20(26)24-13-9-16(10-14-24)21-19(25)22-17-7-6-8-18(15-17)23-11-4-3-5-12-23/h6-8,15-16H,2-5,9-14H2,1H3,(H2,21,22,25). The van der Waals surface area contributed by atoms with E-state index in [2.05, 4.69) is 21.6 Å². The maximum Gasteiger partial charge on any atom is 0.409 e. The van der Waals surface area contributed by atoms with Crippen molar-refractivity contribution in [3.8, 4) is 0 Å². The molecule has 2 aliphatic heterocycles. The van der Waals surface area contributed by atoms with Crippen LogP contribution in [-0.4, -0.2) is 55.9 Å². The van der Waals surface area contributed by atoms with Crippen molar-refractivity contribution < 1.29 is 14.3 Å². The van der Waals surface area contributed by atoms with Crippen molar-refractivity contribution in [2.75, 3.05) is 43.0 Å². The van der Waals surface area contributed by atoms with Crippen LogP contribution in [0.1, 0.15) is 39.0 Å². The number of nitrogens with zero attached hydrogens (tertiary/aromatic N) is 2. The van der Waals surface area contributed by atoms with Gasteiger partial charge in [0.25, 0.3) is 0 Å². The molecule has 2 heterocycles. The zero-order chi connectivity index (χ0) is 19.1. The summed E-state index contributed by atoms with van der Waals surface area (Å²) < 4.78 is 5.02. The van der Waals surface area contributed by atoms with Gasteiger partial charge in [-0.25, -0.2) is 9.59 Å². The van der Waals surface area contributed by atoms with E-state index in [4.69, 9.17) is 4.74 Å². The molecule has 7 heteroatoms. The summed E-state index contributed by atoms with van der Waals surface area (Å²) in [4.78, 5) is 28.1. The monoisotopic (exact) mass is 374 g/mol. The first-order valence-corrected chi connectivity index (χ1v) is 10.00. The fourth-order valence-corrected chi connectivity index (χ4v) is 3.71. The second-order valence-corrected chi connectivity index (χ2v) is 7.16. The molecule has 0 atom stereocenters. The number of amides is 3. The van der Waals surface area contributed by atoms with Crippen molar-refractivity contribution in [2.24, 2.45) is 0 Å². The number of hydrogen-bond donors (Lipinski definition) is 2. The third-order valence-electron chi connectivity index (χ3n) is 5.18. The molecule has 0 aromatic heterocycles. The van der Waals surface area contributed by atoms with Crippen molar-refractivity contribution in [1.82, 2.24) is 10.2 Å². The number of anilines is 2. The molecule has 0 unspecified atom stereocenters. The summed E-state index contributed by atoms with van der Waals surface area (Å²) in [5.41, 5.74) is 1.97. The van der Waals surface area contributed by atoms with E-state index in [0.29, 0.717) is 19.7 Å². The number of hydrogen-bond acceptors (Lipinski definition) is 4. The fourth-order valence-electron chi connectivity index (χ4n) is 3.71. The molecule has 0 bridgehead atoms. The zero-order valence-electron chi connectivity index (χ0n) is 16.1. The third kappa shape index (κ3) is 5.52. The molecule has 148 valence electrons.